The molecule has 0 bridgehead atoms. The Kier molecular flexibility index (Phi) is 3.00. The molecule has 0 aromatic carbocycles. The lowest BCUT2D eigenvalue weighted by Gasteiger charge is -2.01. The van der Waals surface area contributed by atoms with Crippen molar-refractivity contribution in [2.45, 2.75) is 11.3 Å². The molecule has 1 fully saturated rings. The smallest absolute Gasteiger partial charge is 0.313 e. The normalized spacial score (nSPS) is 32.4. The first-order valence-electron chi connectivity index (χ1n) is 4.26. The molecule has 2 aliphatic heterocycles. The highest BCUT2D eigenvalue weighted by Crippen LogP contribution is 2.37. The van der Waals surface area contributed by atoms with Crippen LogP contribution in [0.25, 0.3) is 0 Å². The molecule has 2 heterocycles. The molecule has 0 aliphatic carbocycles. The first-order valence-corrected chi connectivity index (χ1v) is 7.94. The Morgan fingerprint density at radius 1 is 1.60 bits per heavy atom. The summed E-state index contributed by atoms with van der Waals surface area (Å²) >= 11 is 2.56. The van der Waals surface area contributed by atoms with Gasteiger partial charge in [-0.05, 0) is 0 Å². The van der Waals surface area contributed by atoms with Gasteiger partial charge >= 0.3 is 5.97 Å². The predicted molar refractivity (Wildman–Crippen MR) is 61.3 cm³/mol. The lowest BCUT2D eigenvalue weighted by molar-refractivity contribution is -0.133. The summed E-state index contributed by atoms with van der Waals surface area (Å²) in [5.74, 6) is -0.615. The Bertz CT molecular complexity index is 416. The molecule has 0 spiro atoms. The number of fused-ring (bicyclic) bond motifs is 1. The largest absolute Gasteiger partial charge is 0.481 e. The average molecular weight is 267 g/mol. The number of hydrogen-bond acceptors (Lipinski definition) is 6. The molecule has 0 radical (unpaired) electrons. The highest BCUT2D eigenvalue weighted by molar-refractivity contribution is 8.39. The third-order valence-corrected chi connectivity index (χ3v) is 6.52. The summed E-state index contributed by atoms with van der Waals surface area (Å²) in [6, 6.07) is -0.156. The molecule has 0 aromatic rings. The maximum Gasteiger partial charge on any atom is 0.313 e. The molecule has 84 valence electrons. The Morgan fingerprint density at radius 3 is 2.93 bits per heavy atom. The maximum absolute atomic E-state index is 11.2. The van der Waals surface area contributed by atoms with Crippen LogP contribution in [0.4, 0.5) is 0 Å². The predicted octanol–water partition coefficient (Wildman–Crippen LogP) is 0.0726. The number of carboxylic acid groups (broad SMARTS) is 1. The number of nitrogens with zero attached hydrogens (tertiary/aromatic N) is 1. The zero-order valence-corrected chi connectivity index (χ0v) is 10.1. The maximum atomic E-state index is 11.2. The SMILES string of the molecule is O=C(O)CSC1=N[C@@H]2CS(=O)(=O)C[C@@H]2S1. The van der Waals surface area contributed by atoms with E-state index in [0.29, 0.717) is 4.38 Å². The number of aliphatic imine (C=N–C) groups is 1. The highest BCUT2D eigenvalue weighted by atomic mass is 32.2. The summed E-state index contributed by atoms with van der Waals surface area (Å²) in [6.45, 7) is 0. The fraction of sp³-hybridized carbons (Fsp3) is 0.714. The second-order valence-corrected chi connectivity index (χ2v) is 7.98. The number of rotatable bonds is 2. The Labute approximate surface area is 95.6 Å². The number of sulfone groups is 1. The van der Waals surface area contributed by atoms with Crippen LogP contribution in [0.15, 0.2) is 4.99 Å². The lowest BCUT2D eigenvalue weighted by atomic mass is 10.3. The van der Waals surface area contributed by atoms with E-state index < -0.39 is 15.8 Å². The summed E-state index contributed by atoms with van der Waals surface area (Å²) in [5, 5.41) is 8.48. The summed E-state index contributed by atoms with van der Waals surface area (Å²) in [6.07, 6.45) is 0. The van der Waals surface area contributed by atoms with Crippen molar-refractivity contribution in [2.24, 2.45) is 4.99 Å². The number of carbonyl (C=O) groups is 1. The van der Waals surface area contributed by atoms with Gasteiger partial charge in [0.25, 0.3) is 0 Å². The fourth-order valence-corrected chi connectivity index (χ4v) is 6.27. The minimum absolute atomic E-state index is 0.00583. The second kappa shape index (κ2) is 3.99. The van der Waals surface area contributed by atoms with Crippen molar-refractivity contribution < 1.29 is 18.3 Å². The molecule has 2 aliphatic rings. The molecule has 2 atom stereocenters. The van der Waals surface area contributed by atoms with Crippen molar-refractivity contribution in [2.75, 3.05) is 17.3 Å². The van der Waals surface area contributed by atoms with E-state index in [1.54, 1.807) is 0 Å². The van der Waals surface area contributed by atoms with Gasteiger partial charge in [-0.3, -0.25) is 9.79 Å². The monoisotopic (exact) mass is 267 g/mol. The molecule has 1 N–H and O–H groups in total. The van der Waals surface area contributed by atoms with Gasteiger partial charge in [0.1, 0.15) is 4.38 Å². The van der Waals surface area contributed by atoms with Gasteiger partial charge in [0.2, 0.25) is 0 Å². The van der Waals surface area contributed by atoms with Gasteiger partial charge in [-0.15, -0.1) is 0 Å². The number of thioether (sulfide) groups is 2. The zero-order chi connectivity index (χ0) is 11.1. The van der Waals surface area contributed by atoms with Gasteiger partial charge in [-0.2, -0.15) is 0 Å². The van der Waals surface area contributed by atoms with Crippen molar-refractivity contribution >= 4 is 43.7 Å². The molecular formula is C7H9NO4S3. The fourth-order valence-electron chi connectivity index (χ4n) is 1.52. The molecule has 8 heteroatoms. The minimum Gasteiger partial charge on any atom is -0.481 e. The van der Waals surface area contributed by atoms with Gasteiger partial charge in [0.15, 0.2) is 9.84 Å². The van der Waals surface area contributed by atoms with Crippen LogP contribution in [0.3, 0.4) is 0 Å². The quantitative estimate of drug-likeness (QED) is 0.762. The van der Waals surface area contributed by atoms with Crippen LogP contribution in [-0.2, 0) is 14.6 Å². The van der Waals surface area contributed by atoms with Crippen LogP contribution < -0.4 is 0 Å². The Morgan fingerprint density at radius 2 is 2.33 bits per heavy atom. The van der Waals surface area contributed by atoms with E-state index in [1.165, 1.54) is 23.5 Å². The summed E-state index contributed by atoms with van der Waals surface area (Å²) in [7, 11) is -2.91. The Hall–Kier alpha value is -0.210. The molecule has 1 saturated heterocycles. The first-order chi connectivity index (χ1) is 6.96. The van der Waals surface area contributed by atoms with Crippen molar-refractivity contribution in [1.82, 2.24) is 0 Å². The van der Waals surface area contributed by atoms with Crippen LogP contribution >= 0.6 is 23.5 Å². The first kappa shape index (κ1) is 11.3. The van der Waals surface area contributed by atoms with Crippen LogP contribution in [0.1, 0.15) is 0 Å². The van der Waals surface area contributed by atoms with Crippen LogP contribution in [-0.4, -0.2) is 52.4 Å². The van der Waals surface area contributed by atoms with Crippen LogP contribution in [0.5, 0.6) is 0 Å². The van der Waals surface area contributed by atoms with Gasteiger partial charge in [0, 0.05) is 5.25 Å². The Balaban J connectivity index is 1.96. The third kappa shape index (κ3) is 2.67. The lowest BCUT2D eigenvalue weighted by Crippen LogP contribution is -2.12. The van der Waals surface area contributed by atoms with E-state index in [2.05, 4.69) is 4.99 Å². The molecule has 15 heavy (non-hydrogen) atoms. The molecule has 2 rings (SSSR count). The van der Waals surface area contributed by atoms with Crippen molar-refractivity contribution in [3.05, 3.63) is 0 Å². The van der Waals surface area contributed by atoms with Crippen LogP contribution in [0, 0.1) is 0 Å². The highest BCUT2D eigenvalue weighted by Gasteiger charge is 2.42. The van der Waals surface area contributed by atoms with Crippen molar-refractivity contribution in [3.8, 4) is 0 Å². The van der Waals surface area contributed by atoms with Gasteiger partial charge < -0.3 is 5.11 Å². The van der Waals surface area contributed by atoms with Gasteiger partial charge in [-0.1, -0.05) is 23.5 Å². The second-order valence-electron chi connectivity index (χ2n) is 3.38. The summed E-state index contributed by atoms with van der Waals surface area (Å²) < 4.78 is 23.2. The van der Waals surface area contributed by atoms with Crippen LogP contribution in [0.2, 0.25) is 0 Å². The zero-order valence-electron chi connectivity index (χ0n) is 7.62. The number of aliphatic carboxylic acids is 1. The molecule has 0 aromatic heterocycles. The minimum atomic E-state index is -2.91. The topological polar surface area (TPSA) is 83.8 Å². The molecule has 0 saturated carbocycles. The third-order valence-electron chi connectivity index (χ3n) is 2.11. The van der Waals surface area contributed by atoms with Gasteiger partial charge in [-0.25, -0.2) is 8.42 Å². The van der Waals surface area contributed by atoms with Crippen molar-refractivity contribution in [3.63, 3.8) is 0 Å². The molecule has 5 nitrogen and oxygen atoms in total. The molecular weight excluding hydrogens is 258 g/mol. The van der Waals surface area contributed by atoms with E-state index in [9.17, 15) is 13.2 Å². The number of hydrogen-bond donors (Lipinski definition) is 1. The van der Waals surface area contributed by atoms with Crippen molar-refractivity contribution in [1.29, 1.82) is 0 Å². The van der Waals surface area contributed by atoms with E-state index in [0.717, 1.165) is 0 Å². The van der Waals surface area contributed by atoms with E-state index in [4.69, 9.17) is 5.11 Å². The summed E-state index contributed by atoms with van der Waals surface area (Å²) in [4.78, 5) is 14.5. The van der Waals surface area contributed by atoms with E-state index >= 15 is 0 Å². The standard InChI is InChI=1S/C7H9NO4S3/c9-6(10)1-13-7-8-4-2-15(11,12)3-5(4)14-7/h4-5H,1-3H2,(H,9,10)/t4-,5+/m1/s1. The molecule has 0 unspecified atom stereocenters. The molecule has 0 amide bonds. The average Bonchev–Trinajstić information content (AvgIpc) is 2.53. The van der Waals surface area contributed by atoms with E-state index in [1.807, 2.05) is 0 Å². The number of carboxylic acids is 1. The van der Waals surface area contributed by atoms with Gasteiger partial charge in [0.05, 0.1) is 23.3 Å². The summed E-state index contributed by atoms with van der Waals surface area (Å²) in [5.41, 5.74) is 0. The van der Waals surface area contributed by atoms with E-state index in [-0.39, 0.29) is 28.6 Å².